The zero-order chi connectivity index (χ0) is 21.0. The van der Waals surface area contributed by atoms with Crippen LogP contribution in [0.5, 0.6) is 5.75 Å². The number of phenols is 1. The summed E-state index contributed by atoms with van der Waals surface area (Å²) in [7, 11) is 0. The number of aromatic hydroxyl groups is 1. The minimum Gasteiger partial charge on any atom is -0.508 e. The summed E-state index contributed by atoms with van der Waals surface area (Å²) in [4.78, 5) is 28.5. The first-order valence-corrected chi connectivity index (χ1v) is 8.43. The molecule has 1 heterocycles. The number of para-hydroxylation sites is 1. The zero-order valence-electron chi connectivity index (χ0n) is 14.9. The van der Waals surface area contributed by atoms with E-state index in [0.29, 0.717) is 22.2 Å². The molecule has 2 N–H and O–H groups in total. The molecule has 3 rings (SSSR count). The van der Waals surface area contributed by atoms with Crippen molar-refractivity contribution in [2.45, 2.75) is 6.18 Å². The van der Waals surface area contributed by atoms with Crippen molar-refractivity contribution < 1.29 is 32.6 Å². The molecule has 0 aliphatic rings. The molecular formula is C20H15F3N2O4. The highest BCUT2D eigenvalue weighted by atomic mass is 19.4. The fourth-order valence-electron chi connectivity index (χ4n) is 2.58. The molecule has 0 aliphatic heterocycles. The monoisotopic (exact) mass is 404 g/mol. The molecular weight excluding hydrogens is 389 g/mol. The van der Waals surface area contributed by atoms with Gasteiger partial charge in [0.1, 0.15) is 12.3 Å². The van der Waals surface area contributed by atoms with E-state index < -0.39 is 31.2 Å². The van der Waals surface area contributed by atoms with Crippen LogP contribution in [0.25, 0.3) is 22.2 Å². The van der Waals surface area contributed by atoms with Crippen LogP contribution in [0.4, 0.5) is 13.2 Å². The number of pyridine rings is 1. The number of aromatic nitrogens is 1. The number of phenolic OH excluding ortho intramolecular Hbond substituents is 1. The van der Waals surface area contributed by atoms with Crippen molar-refractivity contribution >= 4 is 22.8 Å². The molecule has 150 valence electrons. The largest absolute Gasteiger partial charge is 0.508 e. The molecule has 1 aromatic heterocycles. The number of nitrogens with zero attached hydrogens (tertiary/aromatic N) is 1. The second-order valence-electron chi connectivity index (χ2n) is 6.09. The van der Waals surface area contributed by atoms with Gasteiger partial charge < -0.3 is 15.2 Å². The van der Waals surface area contributed by atoms with Gasteiger partial charge in [-0.3, -0.25) is 4.79 Å². The molecule has 0 aliphatic carbocycles. The van der Waals surface area contributed by atoms with Gasteiger partial charge in [-0.15, -0.1) is 0 Å². The number of ether oxygens (including phenoxy) is 1. The van der Waals surface area contributed by atoms with Gasteiger partial charge in [-0.1, -0.05) is 18.2 Å². The average Bonchev–Trinajstić information content (AvgIpc) is 2.69. The van der Waals surface area contributed by atoms with Gasteiger partial charge in [-0.25, -0.2) is 9.78 Å². The Morgan fingerprint density at radius 1 is 1.07 bits per heavy atom. The molecule has 0 spiro atoms. The maximum atomic E-state index is 12.5. The highest BCUT2D eigenvalue weighted by Crippen LogP contribution is 2.26. The standard InChI is InChI=1S/C20H15F3N2O4/c21-20(22,23)11-24-18(27)10-29-19(28)15-9-17(12-5-7-13(26)8-6-12)25-16-4-2-1-3-14(15)16/h1-9,26H,10-11H2,(H,24,27). The lowest BCUT2D eigenvalue weighted by molar-refractivity contribution is -0.140. The van der Waals surface area contributed by atoms with E-state index in [4.69, 9.17) is 4.74 Å². The first-order chi connectivity index (χ1) is 13.7. The van der Waals surface area contributed by atoms with Crippen molar-refractivity contribution in [2.75, 3.05) is 13.2 Å². The number of benzene rings is 2. The number of halogens is 3. The van der Waals surface area contributed by atoms with Crippen molar-refractivity contribution in [3.8, 4) is 17.0 Å². The van der Waals surface area contributed by atoms with Crippen LogP contribution in [0, 0.1) is 0 Å². The third-order valence-corrected chi connectivity index (χ3v) is 3.92. The first kappa shape index (κ1) is 20.1. The quantitative estimate of drug-likeness (QED) is 0.636. The molecule has 0 atom stereocenters. The molecule has 6 nitrogen and oxygen atoms in total. The molecule has 0 fully saturated rings. The van der Waals surface area contributed by atoms with E-state index in [2.05, 4.69) is 4.98 Å². The van der Waals surface area contributed by atoms with E-state index in [1.54, 1.807) is 41.7 Å². The summed E-state index contributed by atoms with van der Waals surface area (Å²) in [5, 5.41) is 11.5. The lowest BCUT2D eigenvalue weighted by atomic mass is 10.0. The van der Waals surface area contributed by atoms with Crippen LogP contribution in [-0.4, -0.2) is 41.3 Å². The zero-order valence-corrected chi connectivity index (χ0v) is 14.9. The number of esters is 1. The van der Waals surface area contributed by atoms with Crippen LogP contribution in [0.1, 0.15) is 10.4 Å². The highest BCUT2D eigenvalue weighted by molar-refractivity contribution is 6.05. The summed E-state index contributed by atoms with van der Waals surface area (Å²) >= 11 is 0. The van der Waals surface area contributed by atoms with E-state index >= 15 is 0 Å². The number of hydrogen-bond acceptors (Lipinski definition) is 5. The van der Waals surface area contributed by atoms with Crippen LogP contribution in [-0.2, 0) is 9.53 Å². The van der Waals surface area contributed by atoms with Gasteiger partial charge in [0, 0.05) is 10.9 Å². The smallest absolute Gasteiger partial charge is 0.405 e. The number of nitrogens with one attached hydrogen (secondary N) is 1. The molecule has 0 bridgehead atoms. The van der Waals surface area contributed by atoms with E-state index in [0.717, 1.165) is 0 Å². The Labute approximate surface area is 162 Å². The molecule has 3 aromatic rings. The minimum atomic E-state index is -4.56. The average molecular weight is 404 g/mol. The van der Waals surface area contributed by atoms with Crippen molar-refractivity contribution in [2.24, 2.45) is 0 Å². The second kappa shape index (κ2) is 8.17. The number of amides is 1. The predicted octanol–water partition coefficient (Wildman–Crippen LogP) is 3.44. The van der Waals surface area contributed by atoms with Gasteiger partial charge in [0.15, 0.2) is 6.61 Å². The van der Waals surface area contributed by atoms with Crippen LogP contribution in [0.3, 0.4) is 0 Å². The van der Waals surface area contributed by atoms with Crippen LogP contribution in [0.2, 0.25) is 0 Å². The highest BCUT2D eigenvalue weighted by Gasteiger charge is 2.28. The lowest BCUT2D eigenvalue weighted by Gasteiger charge is -2.11. The Morgan fingerprint density at radius 2 is 1.76 bits per heavy atom. The molecule has 0 saturated heterocycles. The molecule has 0 saturated carbocycles. The van der Waals surface area contributed by atoms with E-state index in [-0.39, 0.29) is 11.3 Å². The van der Waals surface area contributed by atoms with Crippen LogP contribution >= 0.6 is 0 Å². The second-order valence-corrected chi connectivity index (χ2v) is 6.09. The molecule has 1 amide bonds. The lowest BCUT2D eigenvalue weighted by Crippen LogP contribution is -2.36. The normalized spacial score (nSPS) is 11.3. The number of carbonyl (C=O) groups is 2. The van der Waals surface area contributed by atoms with Crippen LogP contribution in [0.15, 0.2) is 54.6 Å². The summed E-state index contributed by atoms with van der Waals surface area (Å²) in [6, 6.07) is 14.4. The van der Waals surface area contributed by atoms with Gasteiger partial charge >= 0.3 is 12.1 Å². The van der Waals surface area contributed by atoms with Gasteiger partial charge in [0.25, 0.3) is 5.91 Å². The van der Waals surface area contributed by atoms with Gasteiger partial charge in [-0.05, 0) is 36.4 Å². The van der Waals surface area contributed by atoms with E-state index in [1.807, 2.05) is 0 Å². The maximum Gasteiger partial charge on any atom is 0.405 e. The van der Waals surface area contributed by atoms with Crippen molar-refractivity contribution in [1.82, 2.24) is 10.3 Å². The Bertz CT molecular complexity index is 1050. The Hall–Kier alpha value is -3.62. The Balaban J connectivity index is 1.84. The Kier molecular flexibility index (Phi) is 5.67. The first-order valence-electron chi connectivity index (χ1n) is 8.43. The number of fused-ring (bicyclic) bond motifs is 1. The molecule has 2 aromatic carbocycles. The minimum absolute atomic E-state index is 0.0686. The van der Waals surface area contributed by atoms with Crippen molar-refractivity contribution in [3.63, 3.8) is 0 Å². The topological polar surface area (TPSA) is 88.5 Å². The summed E-state index contributed by atoms with van der Waals surface area (Å²) in [6.45, 7) is -2.35. The molecule has 0 unspecified atom stereocenters. The third-order valence-electron chi connectivity index (χ3n) is 3.92. The molecule has 0 radical (unpaired) electrons. The fraction of sp³-hybridized carbons (Fsp3) is 0.150. The summed E-state index contributed by atoms with van der Waals surface area (Å²) < 4.78 is 41.3. The van der Waals surface area contributed by atoms with Crippen molar-refractivity contribution in [3.05, 3.63) is 60.2 Å². The van der Waals surface area contributed by atoms with E-state index in [9.17, 15) is 27.9 Å². The molecule has 9 heteroatoms. The number of alkyl halides is 3. The van der Waals surface area contributed by atoms with Gasteiger partial charge in [0.2, 0.25) is 0 Å². The predicted molar refractivity (Wildman–Crippen MR) is 98.2 cm³/mol. The fourth-order valence-corrected chi connectivity index (χ4v) is 2.58. The number of carbonyl (C=O) groups excluding carboxylic acids is 2. The molecule has 29 heavy (non-hydrogen) atoms. The Morgan fingerprint density at radius 3 is 2.45 bits per heavy atom. The van der Waals surface area contributed by atoms with Gasteiger partial charge in [-0.2, -0.15) is 13.2 Å². The van der Waals surface area contributed by atoms with Gasteiger partial charge in [0.05, 0.1) is 16.8 Å². The number of rotatable bonds is 5. The van der Waals surface area contributed by atoms with E-state index in [1.165, 1.54) is 18.2 Å². The van der Waals surface area contributed by atoms with Crippen molar-refractivity contribution in [1.29, 1.82) is 0 Å². The summed E-state index contributed by atoms with van der Waals surface area (Å²) in [6.07, 6.45) is -4.56. The maximum absolute atomic E-state index is 12.5. The van der Waals surface area contributed by atoms with Crippen LogP contribution < -0.4 is 5.32 Å². The summed E-state index contributed by atoms with van der Waals surface area (Å²) in [5.74, 6) is -1.86. The number of hydrogen-bond donors (Lipinski definition) is 2. The third kappa shape index (κ3) is 5.22. The summed E-state index contributed by atoms with van der Waals surface area (Å²) in [5.41, 5.74) is 1.66. The SMILES string of the molecule is O=C(COC(=O)c1cc(-c2ccc(O)cc2)nc2ccccc12)NCC(F)(F)F.